The lowest BCUT2D eigenvalue weighted by atomic mass is 10.1. The number of amides is 2. The van der Waals surface area contributed by atoms with Crippen LogP contribution in [0.15, 0.2) is 42.5 Å². The van der Waals surface area contributed by atoms with E-state index >= 15 is 0 Å². The number of thioether (sulfide) groups is 1. The van der Waals surface area contributed by atoms with E-state index in [0.29, 0.717) is 20.8 Å². The zero-order valence-electron chi connectivity index (χ0n) is 17.1. The molecule has 162 valence electrons. The Morgan fingerprint density at radius 1 is 1.00 bits per heavy atom. The monoisotopic (exact) mass is 486 g/mol. The summed E-state index contributed by atoms with van der Waals surface area (Å²) in [4.78, 5) is 27.2. The lowest BCUT2D eigenvalue weighted by Crippen LogP contribution is -2.49. The Kier molecular flexibility index (Phi) is 9.82. The first-order valence-electron chi connectivity index (χ1n) is 9.54. The van der Waals surface area contributed by atoms with E-state index in [9.17, 15) is 9.59 Å². The van der Waals surface area contributed by atoms with Crippen LogP contribution in [0.25, 0.3) is 0 Å². The second kappa shape index (κ2) is 11.8. The number of rotatable bonds is 9. The van der Waals surface area contributed by atoms with Crippen molar-refractivity contribution in [2.75, 3.05) is 5.75 Å². The second-order valence-corrected chi connectivity index (χ2v) is 9.40. The molecule has 0 saturated carbocycles. The highest BCUT2D eigenvalue weighted by atomic mass is 35.5. The number of nitrogens with one attached hydrogen (secondary N) is 1. The lowest BCUT2D eigenvalue weighted by molar-refractivity contribution is -0.138. The fourth-order valence-corrected chi connectivity index (χ4v) is 4.29. The van der Waals surface area contributed by atoms with Gasteiger partial charge in [-0.2, -0.15) is 0 Å². The standard InChI is InChI=1S/C22H25Cl3N2O2S/c1-14(2)26-22(29)15(3)27(11-16-8-9-19(24)20(25)10-16)21(28)13-30-12-17-6-4-5-7-18(17)23/h4-10,14-15H,11-13H2,1-3H3,(H,26,29). The van der Waals surface area contributed by atoms with Gasteiger partial charge in [0.05, 0.1) is 15.8 Å². The molecule has 0 saturated heterocycles. The number of halogens is 3. The van der Waals surface area contributed by atoms with E-state index in [1.165, 1.54) is 11.8 Å². The predicted octanol–water partition coefficient (Wildman–Crippen LogP) is 5.82. The normalized spacial score (nSPS) is 12.0. The maximum Gasteiger partial charge on any atom is 0.242 e. The molecule has 2 rings (SSSR count). The van der Waals surface area contributed by atoms with Gasteiger partial charge in [0.25, 0.3) is 0 Å². The number of hydrogen-bond acceptors (Lipinski definition) is 3. The Hall–Kier alpha value is -1.40. The molecule has 30 heavy (non-hydrogen) atoms. The summed E-state index contributed by atoms with van der Waals surface area (Å²) in [5.74, 6) is 0.504. The molecule has 0 aromatic heterocycles. The topological polar surface area (TPSA) is 49.4 Å². The molecule has 1 atom stereocenters. The zero-order chi connectivity index (χ0) is 22.3. The van der Waals surface area contributed by atoms with Gasteiger partial charge in [0.2, 0.25) is 11.8 Å². The minimum absolute atomic E-state index is 0.0172. The highest BCUT2D eigenvalue weighted by Gasteiger charge is 2.26. The van der Waals surface area contributed by atoms with Crippen LogP contribution in [0.2, 0.25) is 15.1 Å². The van der Waals surface area contributed by atoms with Crippen LogP contribution in [-0.2, 0) is 21.9 Å². The maximum absolute atomic E-state index is 13.0. The summed E-state index contributed by atoms with van der Waals surface area (Å²) in [6.07, 6.45) is 0. The smallest absolute Gasteiger partial charge is 0.242 e. The van der Waals surface area contributed by atoms with Crippen LogP contribution in [0.5, 0.6) is 0 Å². The average Bonchev–Trinajstić information content (AvgIpc) is 2.69. The molecule has 2 amide bonds. The number of nitrogens with zero attached hydrogens (tertiary/aromatic N) is 1. The van der Waals surface area contributed by atoms with Crippen molar-refractivity contribution in [2.24, 2.45) is 0 Å². The molecule has 4 nitrogen and oxygen atoms in total. The molecule has 0 bridgehead atoms. The third-order valence-corrected chi connectivity index (χ3v) is 6.45. The third-order valence-electron chi connectivity index (χ3n) is 4.38. The fourth-order valence-electron chi connectivity index (χ4n) is 2.77. The second-order valence-electron chi connectivity index (χ2n) is 7.19. The van der Waals surface area contributed by atoms with Gasteiger partial charge in [-0.1, -0.05) is 59.1 Å². The van der Waals surface area contributed by atoms with Crippen molar-refractivity contribution < 1.29 is 9.59 Å². The van der Waals surface area contributed by atoms with Crippen molar-refractivity contribution in [1.82, 2.24) is 10.2 Å². The SMILES string of the molecule is CC(C)NC(=O)C(C)N(Cc1ccc(Cl)c(Cl)c1)C(=O)CSCc1ccccc1Cl. The van der Waals surface area contributed by atoms with Gasteiger partial charge in [-0.15, -0.1) is 11.8 Å². The van der Waals surface area contributed by atoms with Crippen molar-refractivity contribution in [3.63, 3.8) is 0 Å². The van der Waals surface area contributed by atoms with Gasteiger partial charge in [-0.3, -0.25) is 9.59 Å². The number of carbonyl (C=O) groups is 2. The van der Waals surface area contributed by atoms with Gasteiger partial charge >= 0.3 is 0 Å². The van der Waals surface area contributed by atoms with Gasteiger partial charge in [0, 0.05) is 23.4 Å². The summed E-state index contributed by atoms with van der Waals surface area (Å²) in [5, 5.41) is 4.40. The molecule has 0 fully saturated rings. The van der Waals surface area contributed by atoms with Gasteiger partial charge in [-0.25, -0.2) is 0 Å². The van der Waals surface area contributed by atoms with E-state index in [1.54, 1.807) is 30.0 Å². The first kappa shape index (κ1) is 24.9. The van der Waals surface area contributed by atoms with Crippen molar-refractivity contribution >= 4 is 58.4 Å². The van der Waals surface area contributed by atoms with E-state index in [1.807, 2.05) is 38.1 Å². The number of carbonyl (C=O) groups excluding carboxylic acids is 2. The largest absolute Gasteiger partial charge is 0.352 e. The minimum atomic E-state index is -0.629. The van der Waals surface area contributed by atoms with Gasteiger partial charge < -0.3 is 10.2 Å². The summed E-state index contributed by atoms with van der Waals surface area (Å²) < 4.78 is 0. The summed E-state index contributed by atoms with van der Waals surface area (Å²) >= 11 is 19.8. The molecular formula is C22H25Cl3N2O2S. The van der Waals surface area contributed by atoms with Crippen molar-refractivity contribution in [1.29, 1.82) is 0 Å². The molecule has 1 unspecified atom stereocenters. The molecule has 8 heteroatoms. The van der Waals surface area contributed by atoms with E-state index in [4.69, 9.17) is 34.8 Å². The Labute approximate surface area is 197 Å². The van der Waals surface area contributed by atoms with E-state index in [-0.39, 0.29) is 30.2 Å². The van der Waals surface area contributed by atoms with Gasteiger partial charge in [0.15, 0.2) is 0 Å². The maximum atomic E-state index is 13.0. The molecule has 0 aliphatic rings. The molecule has 0 aliphatic carbocycles. The summed E-state index contributed by atoms with van der Waals surface area (Å²) in [6, 6.07) is 12.1. The Bertz CT molecular complexity index is 892. The fraction of sp³-hybridized carbons (Fsp3) is 0.364. The first-order valence-corrected chi connectivity index (χ1v) is 11.8. The first-order chi connectivity index (χ1) is 14.2. The van der Waals surface area contributed by atoms with Crippen LogP contribution in [0.1, 0.15) is 31.9 Å². The number of hydrogen-bond donors (Lipinski definition) is 1. The quantitative estimate of drug-likeness (QED) is 0.485. The van der Waals surface area contributed by atoms with Crippen LogP contribution in [0.3, 0.4) is 0 Å². The van der Waals surface area contributed by atoms with Crippen LogP contribution in [-0.4, -0.2) is 34.6 Å². The zero-order valence-corrected chi connectivity index (χ0v) is 20.2. The van der Waals surface area contributed by atoms with Crippen LogP contribution in [0, 0.1) is 0 Å². The predicted molar refractivity (Wildman–Crippen MR) is 127 cm³/mol. The molecule has 1 N–H and O–H groups in total. The van der Waals surface area contributed by atoms with Crippen LogP contribution in [0.4, 0.5) is 0 Å². The van der Waals surface area contributed by atoms with Crippen molar-refractivity contribution in [3.8, 4) is 0 Å². The summed E-state index contributed by atoms with van der Waals surface area (Å²) in [7, 11) is 0. The molecular weight excluding hydrogens is 463 g/mol. The molecule has 0 aliphatic heterocycles. The van der Waals surface area contributed by atoms with Crippen LogP contribution >= 0.6 is 46.6 Å². The summed E-state index contributed by atoms with van der Waals surface area (Å²) in [6.45, 7) is 5.76. The molecule has 0 heterocycles. The van der Waals surface area contributed by atoms with E-state index in [2.05, 4.69) is 5.32 Å². The third kappa shape index (κ3) is 7.38. The van der Waals surface area contributed by atoms with E-state index in [0.717, 1.165) is 11.1 Å². The summed E-state index contributed by atoms with van der Waals surface area (Å²) in [5.41, 5.74) is 1.77. The average molecular weight is 488 g/mol. The molecule has 2 aromatic carbocycles. The van der Waals surface area contributed by atoms with Crippen molar-refractivity contribution in [2.45, 2.75) is 45.2 Å². The molecule has 0 spiro atoms. The van der Waals surface area contributed by atoms with Crippen molar-refractivity contribution in [3.05, 3.63) is 68.7 Å². The van der Waals surface area contributed by atoms with Gasteiger partial charge in [-0.05, 0) is 50.1 Å². The Morgan fingerprint density at radius 3 is 2.33 bits per heavy atom. The number of benzene rings is 2. The molecule has 0 radical (unpaired) electrons. The Balaban J connectivity index is 2.12. The highest BCUT2D eigenvalue weighted by molar-refractivity contribution is 7.99. The highest BCUT2D eigenvalue weighted by Crippen LogP contribution is 2.25. The van der Waals surface area contributed by atoms with E-state index < -0.39 is 6.04 Å². The van der Waals surface area contributed by atoms with Crippen LogP contribution < -0.4 is 5.32 Å². The van der Waals surface area contributed by atoms with Gasteiger partial charge in [0.1, 0.15) is 6.04 Å². The Morgan fingerprint density at radius 2 is 1.70 bits per heavy atom. The molecule has 2 aromatic rings. The minimum Gasteiger partial charge on any atom is -0.352 e. The lowest BCUT2D eigenvalue weighted by Gasteiger charge is -2.29.